The minimum Gasteiger partial charge on any atom is -0.247 e. The third kappa shape index (κ3) is 17.0. The molecule has 0 bridgehead atoms. The maximum absolute atomic E-state index is 12.2. The van der Waals surface area contributed by atoms with Crippen LogP contribution in [-0.4, -0.2) is 5.97 Å². The Morgan fingerprint density at radius 3 is 1.19 bits per heavy atom. The molecule has 191 valence electrons. The van der Waals surface area contributed by atoms with Crippen LogP contribution >= 0.6 is 0 Å². The maximum atomic E-state index is 12.2. The van der Waals surface area contributed by atoms with Crippen LogP contribution in [0.15, 0.2) is 0 Å². The van der Waals surface area contributed by atoms with Crippen molar-refractivity contribution in [3.05, 3.63) is 0 Å². The van der Waals surface area contributed by atoms with Gasteiger partial charge in [0.05, 0.1) is 5.92 Å². The maximum Gasteiger partial charge on any atom is 0.359 e. The molecule has 0 fully saturated rings. The smallest absolute Gasteiger partial charge is 0.247 e. The summed E-state index contributed by atoms with van der Waals surface area (Å²) in [6.45, 7) is 9.05. The van der Waals surface area contributed by atoms with E-state index < -0.39 is 5.97 Å². The van der Waals surface area contributed by atoms with Gasteiger partial charge >= 0.3 is 5.97 Å². The van der Waals surface area contributed by atoms with Crippen molar-refractivity contribution in [3.8, 4) is 0 Å². The Morgan fingerprint density at radius 2 is 0.844 bits per heavy atom. The molecular formula is C30H59O2. The highest BCUT2D eigenvalue weighted by Gasteiger charge is 2.38. The van der Waals surface area contributed by atoms with E-state index >= 15 is 0 Å². The number of hydrogen-bond acceptors (Lipinski definition) is 1. The van der Waals surface area contributed by atoms with Crippen molar-refractivity contribution in [3.63, 3.8) is 0 Å². The molecule has 2 heteroatoms. The molecule has 0 saturated heterocycles. The minimum atomic E-state index is -0.785. The number of rotatable bonds is 25. The second-order valence-electron chi connectivity index (χ2n) is 10.8. The highest BCUT2D eigenvalue weighted by molar-refractivity contribution is 5.70. The second kappa shape index (κ2) is 22.3. The monoisotopic (exact) mass is 451 g/mol. The lowest BCUT2D eigenvalue weighted by molar-refractivity contribution is -0.154. The van der Waals surface area contributed by atoms with E-state index in [1.54, 1.807) is 0 Å². The summed E-state index contributed by atoms with van der Waals surface area (Å²) in [5.74, 6) is -1.05. The van der Waals surface area contributed by atoms with E-state index in [4.69, 9.17) is 0 Å². The Hall–Kier alpha value is -0.530. The van der Waals surface area contributed by atoms with Gasteiger partial charge in [-0.05, 0) is 24.7 Å². The fourth-order valence-electron chi connectivity index (χ4n) is 5.32. The average Bonchev–Trinajstić information content (AvgIpc) is 2.77. The summed E-state index contributed by atoms with van der Waals surface area (Å²) in [6.07, 6.45) is 28.4. The van der Waals surface area contributed by atoms with Gasteiger partial charge in [-0.2, -0.15) is 0 Å². The number of unbranched alkanes of at least 4 members (excludes halogenated alkanes) is 17. The zero-order chi connectivity index (χ0) is 23.9. The van der Waals surface area contributed by atoms with Gasteiger partial charge in [-0.15, -0.1) is 0 Å². The van der Waals surface area contributed by atoms with Gasteiger partial charge in [0.25, 0.3) is 0 Å². The van der Waals surface area contributed by atoms with Crippen LogP contribution in [0.25, 0.3) is 0 Å². The van der Waals surface area contributed by atoms with Crippen molar-refractivity contribution in [2.45, 2.75) is 175 Å². The van der Waals surface area contributed by atoms with Gasteiger partial charge in [-0.3, -0.25) is 0 Å². The number of carbonyl (C=O) groups excluding carboxylic acids is 1. The van der Waals surface area contributed by atoms with Crippen molar-refractivity contribution in [2.24, 2.45) is 11.3 Å². The zero-order valence-electron chi connectivity index (χ0n) is 22.7. The molecule has 1 atom stereocenters. The fourth-order valence-corrected chi connectivity index (χ4v) is 5.32. The molecule has 0 heterocycles. The van der Waals surface area contributed by atoms with E-state index in [1.807, 2.05) is 0 Å². The normalized spacial score (nSPS) is 12.9. The fraction of sp³-hybridized carbons (Fsp3) is 0.967. The molecule has 2 nitrogen and oxygen atoms in total. The van der Waals surface area contributed by atoms with E-state index in [-0.39, 0.29) is 11.3 Å². The SMILES string of the molecule is CCCCCCCCCCC(C([O])=O)C(C)(CCCCCCCC)CCCCCCCC. The Balaban J connectivity index is 4.61. The lowest BCUT2D eigenvalue weighted by atomic mass is 9.68. The molecule has 1 unspecified atom stereocenters. The zero-order valence-corrected chi connectivity index (χ0v) is 22.7. The van der Waals surface area contributed by atoms with Crippen molar-refractivity contribution in [2.75, 3.05) is 0 Å². The molecule has 0 aliphatic heterocycles. The van der Waals surface area contributed by atoms with Gasteiger partial charge in [0.1, 0.15) is 0 Å². The van der Waals surface area contributed by atoms with E-state index in [0.717, 1.165) is 25.7 Å². The topological polar surface area (TPSA) is 37.0 Å². The van der Waals surface area contributed by atoms with E-state index in [0.29, 0.717) is 0 Å². The Labute approximate surface area is 202 Å². The minimum absolute atomic E-state index is 0.0878. The first-order valence-corrected chi connectivity index (χ1v) is 14.7. The van der Waals surface area contributed by atoms with Crippen LogP contribution in [0.3, 0.4) is 0 Å². The predicted octanol–water partition coefficient (Wildman–Crippen LogP) is 10.6. The Morgan fingerprint density at radius 1 is 0.531 bits per heavy atom. The van der Waals surface area contributed by atoms with Gasteiger partial charge in [-0.1, -0.05) is 156 Å². The van der Waals surface area contributed by atoms with Crippen LogP contribution in [0.2, 0.25) is 0 Å². The molecule has 0 aliphatic carbocycles. The Kier molecular flexibility index (Phi) is 21.9. The molecule has 0 aromatic heterocycles. The van der Waals surface area contributed by atoms with Crippen molar-refractivity contribution >= 4 is 5.97 Å². The first-order chi connectivity index (χ1) is 15.5. The molecule has 0 rings (SSSR count). The standard InChI is InChI=1S/C30H59O2/c1-5-8-11-14-17-18-19-22-25-28(29(31)32)30(4,26-23-20-15-12-9-6-2)27-24-21-16-13-10-7-3/h28H,5-27H2,1-4H3. The lowest BCUT2D eigenvalue weighted by Gasteiger charge is -2.35. The van der Waals surface area contributed by atoms with Gasteiger partial charge in [0.2, 0.25) is 0 Å². The lowest BCUT2D eigenvalue weighted by Crippen LogP contribution is -2.33. The molecule has 0 aliphatic rings. The summed E-state index contributed by atoms with van der Waals surface area (Å²) in [7, 11) is 0. The molecule has 0 aromatic rings. The van der Waals surface area contributed by atoms with Crippen LogP contribution in [0.1, 0.15) is 175 Å². The third-order valence-corrected chi connectivity index (χ3v) is 7.68. The molecular weight excluding hydrogens is 392 g/mol. The summed E-state index contributed by atoms with van der Waals surface area (Å²) in [6, 6.07) is 0. The van der Waals surface area contributed by atoms with Crippen LogP contribution in [0.4, 0.5) is 0 Å². The highest BCUT2D eigenvalue weighted by atomic mass is 16.4. The van der Waals surface area contributed by atoms with Gasteiger partial charge in [0.15, 0.2) is 0 Å². The second-order valence-corrected chi connectivity index (χ2v) is 10.8. The molecule has 0 aromatic carbocycles. The summed E-state index contributed by atoms with van der Waals surface area (Å²) >= 11 is 0. The van der Waals surface area contributed by atoms with Crippen LogP contribution in [-0.2, 0) is 9.90 Å². The van der Waals surface area contributed by atoms with Gasteiger partial charge in [-0.25, -0.2) is 9.90 Å². The summed E-state index contributed by atoms with van der Waals surface area (Å²) in [5, 5.41) is 12.2. The molecule has 0 amide bonds. The van der Waals surface area contributed by atoms with E-state index in [9.17, 15) is 9.90 Å². The first kappa shape index (κ1) is 31.5. The van der Waals surface area contributed by atoms with Crippen LogP contribution in [0.5, 0.6) is 0 Å². The van der Waals surface area contributed by atoms with Crippen LogP contribution in [0, 0.1) is 11.3 Å². The van der Waals surface area contributed by atoms with E-state index in [2.05, 4.69) is 27.7 Å². The number of carbonyl (C=O) groups is 1. The van der Waals surface area contributed by atoms with Gasteiger partial charge < -0.3 is 0 Å². The summed E-state index contributed by atoms with van der Waals surface area (Å²) < 4.78 is 0. The highest BCUT2D eigenvalue weighted by Crippen LogP contribution is 2.42. The Bertz CT molecular complexity index is 388. The van der Waals surface area contributed by atoms with Crippen molar-refractivity contribution < 1.29 is 9.90 Å². The quantitative estimate of drug-likeness (QED) is 0.127. The van der Waals surface area contributed by atoms with Gasteiger partial charge in [0, 0.05) is 0 Å². The van der Waals surface area contributed by atoms with Crippen molar-refractivity contribution in [1.29, 1.82) is 0 Å². The largest absolute Gasteiger partial charge is 0.359 e. The number of hydrogen-bond donors (Lipinski definition) is 0. The van der Waals surface area contributed by atoms with Crippen LogP contribution < -0.4 is 0 Å². The van der Waals surface area contributed by atoms with Crippen molar-refractivity contribution in [1.82, 2.24) is 0 Å². The summed E-state index contributed by atoms with van der Waals surface area (Å²) in [4.78, 5) is 12.2. The third-order valence-electron chi connectivity index (χ3n) is 7.68. The van der Waals surface area contributed by atoms with E-state index in [1.165, 1.54) is 122 Å². The summed E-state index contributed by atoms with van der Waals surface area (Å²) in [5.41, 5.74) is -0.0878. The molecule has 0 saturated carbocycles. The first-order valence-electron chi connectivity index (χ1n) is 14.7. The predicted molar refractivity (Wildman–Crippen MR) is 141 cm³/mol. The molecule has 0 spiro atoms. The average molecular weight is 452 g/mol. The molecule has 1 radical (unpaired) electrons. The molecule has 0 N–H and O–H groups in total. The molecule has 32 heavy (non-hydrogen) atoms.